The van der Waals surface area contributed by atoms with Crippen molar-refractivity contribution in [3.8, 4) is 17.8 Å². The molecule has 0 saturated heterocycles. The van der Waals surface area contributed by atoms with E-state index in [2.05, 4.69) is 36.2 Å². The molecule has 9 heteroatoms. The Morgan fingerprint density at radius 1 is 1.29 bits per heavy atom. The van der Waals surface area contributed by atoms with Gasteiger partial charge in [0.15, 0.2) is 0 Å². The first kappa shape index (κ1) is 15.7. The van der Waals surface area contributed by atoms with Crippen LogP contribution in [0.4, 0.5) is 10.3 Å². The number of anilines is 1. The van der Waals surface area contributed by atoms with Crippen LogP contribution in [0, 0.1) is 5.82 Å². The number of halogens is 3. The SMILES string of the molecule is CCOc1nc(NC)nc(Oc2cc(F)c(Cl)cc2Br)n1. The molecule has 1 heterocycles. The Morgan fingerprint density at radius 3 is 2.67 bits per heavy atom. The van der Waals surface area contributed by atoms with E-state index in [9.17, 15) is 4.39 Å². The highest BCUT2D eigenvalue weighted by Gasteiger charge is 2.13. The minimum absolute atomic E-state index is 0.0178. The molecule has 0 aliphatic rings. The van der Waals surface area contributed by atoms with Gasteiger partial charge in [-0.25, -0.2) is 4.39 Å². The molecular weight excluding hydrogens is 367 g/mol. The van der Waals surface area contributed by atoms with Crippen molar-refractivity contribution in [2.24, 2.45) is 0 Å². The van der Waals surface area contributed by atoms with Crippen LogP contribution in [0.5, 0.6) is 17.8 Å². The maximum Gasteiger partial charge on any atom is 0.330 e. The van der Waals surface area contributed by atoms with Crippen molar-refractivity contribution in [3.05, 3.63) is 27.4 Å². The molecule has 112 valence electrons. The summed E-state index contributed by atoms with van der Waals surface area (Å²) in [5, 5.41) is 2.74. The lowest BCUT2D eigenvalue weighted by molar-refractivity contribution is 0.303. The van der Waals surface area contributed by atoms with E-state index in [1.54, 1.807) is 14.0 Å². The normalized spacial score (nSPS) is 10.3. The summed E-state index contributed by atoms with van der Waals surface area (Å²) in [7, 11) is 1.65. The van der Waals surface area contributed by atoms with E-state index in [0.717, 1.165) is 6.07 Å². The summed E-state index contributed by atoms with van der Waals surface area (Å²) in [5.74, 6) is -0.149. The smallest absolute Gasteiger partial charge is 0.330 e. The molecule has 0 spiro atoms. The first-order chi connectivity index (χ1) is 10.0. The summed E-state index contributed by atoms with van der Waals surface area (Å²) >= 11 is 8.90. The van der Waals surface area contributed by atoms with E-state index < -0.39 is 5.82 Å². The van der Waals surface area contributed by atoms with Crippen molar-refractivity contribution in [3.63, 3.8) is 0 Å². The van der Waals surface area contributed by atoms with E-state index >= 15 is 0 Å². The number of aromatic nitrogens is 3. The molecule has 6 nitrogen and oxygen atoms in total. The van der Waals surface area contributed by atoms with Crippen LogP contribution in [-0.2, 0) is 0 Å². The van der Waals surface area contributed by atoms with Crippen LogP contribution in [0.3, 0.4) is 0 Å². The Morgan fingerprint density at radius 2 is 2.00 bits per heavy atom. The Labute approximate surface area is 133 Å². The van der Waals surface area contributed by atoms with Crippen LogP contribution >= 0.6 is 27.5 Å². The maximum absolute atomic E-state index is 13.5. The monoisotopic (exact) mass is 376 g/mol. The second-order valence-electron chi connectivity index (χ2n) is 3.71. The number of rotatable bonds is 5. The number of hydrogen-bond acceptors (Lipinski definition) is 6. The molecule has 0 radical (unpaired) electrons. The Bertz CT molecular complexity index is 659. The van der Waals surface area contributed by atoms with Gasteiger partial charge in [0.25, 0.3) is 0 Å². The van der Waals surface area contributed by atoms with E-state index in [4.69, 9.17) is 21.1 Å². The van der Waals surface area contributed by atoms with Crippen LogP contribution in [0.15, 0.2) is 16.6 Å². The Kier molecular flexibility index (Phi) is 5.13. The lowest BCUT2D eigenvalue weighted by atomic mass is 10.3. The zero-order valence-corrected chi connectivity index (χ0v) is 13.5. The van der Waals surface area contributed by atoms with Gasteiger partial charge in [-0.3, -0.25) is 0 Å². The molecule has 0 aliphatic heterocycles. The highest BCUT2D eigenvalue weighted by molar-refractivity contribution is 9.10. The number of ether oxygens (including phenoxy) is 2. The fourth-order valence-electron chi connectivity index (χ4n) is 1.37. The van der Waals surface area contributed by atoms with Gasteiger partial charge in [0.05, 0.1) is 16.1 Å². The molecule has 0 atom stereocenters. The zero-order valence-electron chi connectivity index (χ0n) is 11.2. The van der Waals surface area contributed by atoms with Gasteiger partial charge < -0.3 is 14.8 Å². The highest BCUT2D eigenvalue weighted by Crippen LogP contribution is 2.33. The molecule has 2 aromatic rings. The molecule has 0 fully saturated rings. The first-order valence-corrected chi connectivity index (χ1v) is 7.09. The number of nitrogens with zero attached hydrogens (tertiary/aromatic N) is 3. The van der Waals surface area contributed by atoms with Crippen LogP contribution in [0.2, 0.25) is 5.02 Å². The molecule has 0 amide bonds. The fourth-order valence-corrected chi connectivity index (χ4v) is 2.09. The van der Waals surface area contributed by atoms with E-state index in [0.29, 0.717) is 11.1 Å². The molecule has 2 rings (SSSR count). The van der Waals surface area contributed by atoms with E-state index in [-0.39, 0.29) is 28.7 Å². The van der Waals surface area contributed by atoms with Gasteiger partial charge in [0, 0.05) is 13.1 Å². The fraction of sp³-hybridized carbons (Fsp3) is 0.250. The van der Waals surface area contributed by atoms with Gasteiger partial charge >= 0.3 is 12.0 Å². The lowest BCUT2D eigenvalue weighted by Crippen LogP contribution is -2.05. The van der Waals surface area contributed by atoms with Crippen molar-refractivity contribution in [2.75, 3.05) is 19.0 Å². The standard InChI is InChI=1S/C12H11BrClFN4O2/c1-3-20-11-17-10(16-2)18-12(19-11)21-9-5-8(15)7(14)4-6(9)13/h4-5H,3H2,1-2H3,(H,16,17,18,19). The molecule has 1 aromatic carbocycles. The predicted molar refractivity (Wildman–Crippen MR) is 79.7 cm³/mol. The number of benzene rings is 1. The largest absolute Gasteiger partial charge is 0.464 e. The lowest BCUT2D eigenvalue weighted by Gasteiger charge is -2.09. The number of nitrogens with one attached hydrogen (secondary N) is 1. The van der Waals surface area contributed by atoms with E-state index in [1.165, 1.54) is 6.07 Å². The van der Waals surface area contributed by atoms with Crippen LogP contribution in [0.1, 0.15) is 6.92 Å². The molecule has 0 bridgehead atoms. The van der Waals surface area contributed by atoms with Crippen LogP contribution in [-0.4, -0.2) is 28.6 Å². The average Bonchev–Trinajstić information content (AvgIpc) is 2.45. The molecule has 21 heavy (non-hydrogen) atoms. The van der Waals surface area contributed by atoms with Gasteiger partial charge in [0.1, 0.15) is 11.6 Å². The second-order valence-corrected chi connectivity index (χ2v) is 4.97. The Balaban J connectivity index is 2.34. The summed E-state index contributed by atoms with van der Waals surface area (Å²) in [4.78, 5) is 12.0. The highest BCUT2D eigenvalue weighted by atomic mass is 79.9. The summed E-state index contributed by atoms with van der Waals surface area (Å²) in [6.45, 7) is 2.19. The summed E-state index contributed by atoms with van der Waals surface area (Å²) in [5.41, 5.74) is 0. The molecular formula is C12H11BrClFN4O2. The van der Waals surface area contributed by atoms with Gasteiger partial charge in [-0.1, -0.05) is 11.6 Å². The third-order valence-electron chi connectivity index (χ3n) is 2.27. The van der Waals surface area contributed by atoms with Crippen molar-refractivity contribution in [2.45, 2.75) is 6.92 Å². The molecule has 0 saturated carbocycles. The molecule has 1 N–H and O–H groups in total. The van der Waals surface area contributed by atoms with Crippen molar-refractivity contribution >= 4 is 33.5 Å². The first-order valence-electron chi connectivity index (χ1n) is 5.92. The predicted octanol–water partition coefficient (Wildman–Crippen LogP) is 3.66. The maximum atomic E-state index is 13.5. The summed E-state index contributed by atoms with van der Waals surface area (Å²) in [6.07, 6.45) is 0. The second kappa shape index (κ2) is 6.86. The van der Waals surface area contributed by atoms with Crippen LogP contribution < -0.4 is 14.8 Å². The third-order valence-corrected chi connectivity index (χ3v) is 3.18. The van der Waals surface area contributed by atoms with E-state index in [1.807, 2.05) is 0 Å². The minimum Gasteiger partial charge on any atom is -0.464 e. The minimum atomic E-state index is -0.609. The third kappa shape index (κ3) is 3.92. The zero-order chi connectivity index (χ0) is 15.4. The Hall–Kier alpha value is -1.67. The van der Waals surface area contributed by atoms with Crippen LogP contribution in [0.25, 0.3) is 0 Å². The quantitative estimate of drug-likeness (QED) is 0.802. The topological polar surface area (TPSA) is 69.2 Å². The summed E-state index contributed by atoms with van der Waals surface area (Å²) in [6, 6.07) is 2.60. The van der Waals surface area contributed by atoms with Crippen molar-refractivity contribution < 1.29 is 13.9 Å². The van der Waals surface area contributed by atoms with Gasteiger partial charge in [-0.2, -0.15) is 9.97 Å². The van der Waals surface area contributed by atoms with Crippen molar-refractivity contribution in [1.82, 2.24) is 15.0 Å². The molecule has 0 unspecified atom stereocenters. The molecule has 0 aliphatic carbocycles. The van der Waals surface area contributed by atoms with Gasteiger partial charge in [0.2, 0.25) is 5.95 Å². The molecule has 1 aromatic heterocycles. The average molecular weight is 378 g/mol. The van der Waals surface area contributed by atoms with Gasteiger partial charge in [-0.05, 0) is 28.9 Å². The van der Waals surface area contributed by atoms with Gasteiger partial charge in [-0.15, -0.1) is 4.98 Å². The summed E-state index contributed by atoms with van der Waals surface area (Å²) < 4.78 is 24.6. The van der Waals surface area contributed by atoms with Crippen molar-refractivity contribution in [1.29, 1.82) is 0 Å². The number of hydrogen-bond donors (Lipinski definition) is 1.